The molecule has 0 aromatic heterocycles. The molecule has 0 bridgehead atoms. The number of rotatable bonds is 0. The van der Waals surface area contributed by atoms with Crippen molar-refractivity contribution in [3.8, 4) is 18.4 Å². The number of hydrogen-bond acceptors (Lipinski definition) is 3. The second-order valence-corrected chi connectivity index (χ2v) is 15.0. The minimum atomic E-state index is -0.588. The lowest BCUT2D eigenvalue weighted by Crippen LogP contribution is -2.68. The monoisotopic (exact) mass is 473 g/mol. The molecular weight excluding hydrogens is 430 g/mol. The van der Waals surface area contributed by atoms with Crippen molar-refractivity contribution in [2.45, 2.75) is 99.8 Å². The molecule has 0 aliphatic heterocycles. The minimum absolute atomic E-state index is 0.00549. The molecule has 0 heterocycles. The molecule has 5 aliphatic carbocycles. The number of fused-ring (bicyclic) bond motifs is 7. The molecule has 0 amide bonds. The maximum absolute atomic E-state index is 14.3. The summed E-state index contributed by atoms with van der Waals surface area (Å²) < 4.78 is 0. The highest BCUT2D eigenvalue weighted by atomic mass is 16.1. The van der Waals surface area contributed by atoms with Gasteiger partial charge in [-0.1, -0.05) is 60.5 Å². The number of Topliss-reactive ketones (excluding diaryl/α,β-unsaturated/α-hetero) is 2. The van der Waals surface area contributed by atoms with Crippen LogP contribution in [-0.2, 0) is 9.59 Å². The molecule has 8 atom stereocenters. The summed E-state index contributed by atoms with van der Waals surface area (Å²) in [5.74, 6) is 4.15. The first-order valence-electron chi connectivity index (χ1n) is 13.8. The van der Waals surface area contributed by atoms with Gasteiger partial charge >= 0.3 is 0 Å². The third kappa shape index (κ3) is 2.91. The summed E-state index contributed by atoms with van der Waals surface area (Å²) in [6, 6.07) is 2.22. The van der Waals surface area contributed by atoms with E-state index in [-0.39, 0.29) is 56.5 Å². The summed E-state index contributed by atoms with van der Waals surface area (Å²) in [5, 5.41) is 9.86. The zero-order chi connectivity index (χ0) is 25.8. The van der Waals surface area contributed by atoms with Crippen LogP contribution in [-0.4, -0.2) is 11.6 Å². The van der Waals surface area contributed by atoms with Gasteiger partial charge in [0, 0.05) is 23.2 Å². The lowest BCUT2D eigenvalue weighted by molar-refractivity contribution is -0.216. The van der Waals surface area contributed by atoms with Gasteiger partial charge in [-0.15, -0.1) is 6.42 Å². The number of carbonyl (C=O) groups excluding carboxylic acids is 2. The van der Waals surface area contributed by atoms with Crippen molar-refractivity contribution < 1.29 is 9.59 Å². The van der Waals surface area contributed by atoms with E-state index in [0.717, 1.165) is 44.9 Å². The second kappa shape index (κ2) is 7.12. The summed E-state index contributed by atoms with van der Waals surface area (Å²) in [4.78, 5) is 27.5. The van der Waals surface area contributed by atoms with Crippen molar-refractivity contribution in [3.05, 3.63) is 11.6 Å². The number of terminal acetylenes is 1. The van der Waals surface area contributed by atoms with Crippen LogP contribution >= 0.6 is 0 Å². The molecule has 0 aromatic rings. The first-order chi connectivity index (χ1) is 16.1. The van der Waals surface area contributed by atoms with Crippen LogP contribution in [0.15, 0.2) is 11.6 Å². The molecule has 5 rings (SSSR count). The van der Waals surface area contributed by atoms with Crippen molar-refractivity contribution >= 4 is 11.6 Å². The Kier molecular flexibility index (Phi) is 5.05. The Hall–Kier alpha value is -1.87. The molecule has 5 aliphatic rings. The van der Waals surface area contributed by atoms with Crippen LogP contribution in [0.3, 0.4) is 0 Å². The third-order valence-corrected chi connectivity index (χ3v) is 12.8. The Labute approximate surface area is 212 Å². The first-order valence-corrected chi connectivity index (χ1v) is 13.8. The molecule has 3 nitrogen and oxygen atoms in total. The van der Waals surface area contributed by atoms with Crippen LogP contribution < -0.4 is 0 Å². The maximum atomic E-state index is 14.3. The van der Waals surface area contributed by atoms with Gasteiger partial charge in [0.15, 0.2) is 5.78 Å². The molecule has 0 N–H and O–H groups in total. The Balaban J connectivity index is 1.64. The first kappa shape index (κ1) is 24.8. The van der Waals surface area contributed by atoms with Crippen LogP contribution in [0.5, 0.6) is 0 Å². The van der Waals surface area contributed by atoms with E-state index >= 15 is 0 Å². The summed E-state index contributed by atoms with van der Waals surface area (Å²) >= 11 is 0. The van der Waals surface area contributed by atoms with Gasteiger partial charge in [0.1, 0.15) is 11.9 Å². The minimum Gasteiger partial charge on any atom is -0.299 e. The highest BCUT2D eigenvalue weighted by molar-refractivity contribution is 6.04. The molecule has 4 saturated carbocycles. The smallest absolute Gasteiger partial charge is 0.178 e. The molecule has 0 radical (unpaired) electrons. The fourth-order valence-electron chi connectivity index (χ4n) is 10.6. The topological polar surface area (TPSA) is 57.9 Å². The van der Waals surface area contributed by atoms with Crippen LogP contribution in [0.1, 0.15) is 99.8 Å². The molecule has 0 aromatic carbocycles. The highest BCUT2D eigenvalue weighted by Gasteiger charge is 2.72. The number of carbonyl (C=O) groups is 2. The van der Waals surface area contributed by atoms with E-state index in [2.05, 4.69) is 46.6 Å². The zero-order valence-corrected chi connectivity index (χ0v) is 22.9. The van der Waals surface area contributed by atoms with Crippen molar-refractivity contribution in [1.82, 2.24) is 0 Å². The highest BCUT2D eigenvalue weighted by Crippen LogP contribution is 2.75. The van der Waals surface area contributed by atoms with E-state index in [1.807, 2.05) is 19.9 Å². The SMILES string of the molecule is C#C[C@]12CCC(C)(C)CC1C1C(=O)C[C@@H]3[C@@]4(C)C=C(C#N)C(=O)C(C)(C)[C@@H]4CC[C@@]3(C)[C@]1(C)CC2. The molecule has 35 heavy (non-hydrogen) atoms. The van der Waals surface area contributed by atoms with Gasteiger partial charge in [0.05, 0.1) is 5.57 Å². The number of ketones is 2. The van der Waals surface area contributed by atoms with Gasteiger partial charge < -0.3 is 0 Å². The van der Waals surface area contributed by atoms with Gasteiger partial charge in [-0.05, 0) is 84.4 Å². The molecule has 0 saturated heterocycles. The van der Waals surface area contributed by atoms with Crippen molar-refractivity contribution in [1.29, 1.82) is 5.26 Å². The third-order valence-electron chi connectivity index (χ3n) is 12.8. The van der Waals surface area contributed by atoms with Crippen LogP contribution in [0.2, 0.25) is 0 Å². The van der Waals surface area contributed by atoms with E-state index in [4.69, 9.17) is 6.42 Å². The number of hydrogen-bond donors (Lipinski definition) is 0. The molecule has 2 unspecified atom stereocenters. The summed E-state index contributed by atoms with van der Waals surface area (Å²) in [6.45, 7) is 15.8. The van der Waals surface area contributed by atoms with Gasteiger partial charge in [0.2, 0.25) is 0 Å². The number of nitrogens with zero attached hydrogens (tertiary/aromatic N) is 1. The number of allylic oxidation sites excluding steroid dienone is 2. The standard InChI is InChI=1S/C32H43NO2/c1-9-32-14-12-27(2,3)18-21(32)25-22(34)16-24-29(6)17-20(19-33)26(35)28(4,5)23(29)10-11-30(24,7)31(25,8)13-15-32/h1,17,21,23-25H,10-16,18H2,2-8H3/t21?,23-,24+,25?,29-,30+,31+,32+/m0/s1. The van der Waals surface area contributed by atoms with Crippen molar-refractivity contribution in [2.75, 3.05) is 0 Å². The molecule has 4 fully saturated rings. The van der Waals surface area contributed by atoms with Crippen LogP contribution in [0.4, 0.5) is 0 Å². The molecule has 0 spiro atoms. The summed E-state index contributed by atoms with van der Waals surface area (Å²) in [5.41, 5.74) is -0.725. The number of nitriles is 1. The second-order valence-electron chi connectivity index (χ2n) is 15.0. The molecule has 188 valence electrons. The van der Waals surface area contributed by atoms with Gasteiger partial charge in [0.25, 0.3) is 0 Å². The lowest BCUT2D eigenvalue weighted by atomic mass is 9.31. The predicted octanol–water partition coefficient (Wildman–Crippen LogP) is 6.92. The Morgan fingerprint density at radius 3 is 2.20 bits per heavy atom. The van der Waals surface area contributed by atoms with Gasteiger partial charge in [-0.25, -0.2) is 0 Å². The van der Waals surface area contributed by atoms with Crippen molar-refractivity contribution in [2.24, 2.45) is 56.2 Å². The lowest BCUT2D eigenvalue weighted by Gasteiger charge is -2.71. The van der Waals surface area contributed by atoms with E-state index < -0.39 is 5.41 Å². The predicted molar refractivity (Wildman–Crippen MR) is 138 cm³/mol. The Morgan fingerprint density at radius 2 is 1.57 bits per heavy atom. The fourth-order valence-corrected chi connectivity index (χ4v) is 10.6. The average molecular weight is 474 g/mol. The summed E-state index contributed by atoms with van der Waals surface area (Å²) in [7, 11) is 0. The largest absolute Gasteiger partial charge is 0.299 e. The fraction of sp³-hybridized carbons (Fsp3) is 0.781. The van der Waals surface area contributed by atoms with Crippen LogP contribution in [0, 0.1) is 79.8 Å². The van der Waals surface area contributed by atoms with Crippen LogP contribution in [0.25, 0.3) is 0 Å². The van der Waals surface area contributed by atoms with E-state index in [1.165, 1.54) is 0 Å². The average Bonchev–Trinajstić information content (AvgIpc) is 2.77. The Bertz CT molecular complexity index is 1110. The Morgan fingerprint density at radius 1 is 0.914 bits per heavy atom. The maximum Gasteiger partial charge on any atom is 0.178 e. The quantitative estimate of drug-likeness (QED) is 0.359. The van der Waals surface area contributed by atoms with E-state index in [1.54, 1.807) is 0 Å². The molecular formula is C32H43NO2. The van der Waals surface area contributed by atoms with Gasteiger partial charge in [-0.3, -0.25) is 9.59 Å². The normalized spacial score (nSPS) is 49.8. The zero-order valence-electron chi connectivity index (χ0n) is 22.9. The van der Waals surface area contributed by atoms with Crippen molar-refractivity contribution in [3.63, 3.8) is 0 Å². The summed E-state index contributed by atoms with van der Waals surface area (Å²) in [6.07, 6.45) is 16.0. The van der Waals surface area contributed by atoms with E-state index in [0.29, 0.717) is 17.8 Å². The van der Waals surface area contributed by atoms with E-state index in [9.17, 15) is 14.9 Å². The molecule has 3 heteroatoms. The van der Waals surface area contributed by atoms with Gasteiger partial charge in [-0.2, -0.15) is 5.26 Å².